The third kappa shape index (κ3) is 2.65. The maximum absolute atomic E-state index is 11.2. The highest BCUT2D eigenvalue weighted by Gasteiger charge is 2.35. The van der Waals surface area contributed by atoms with E-state index in [0.717, 1.165) is 11.3 Å². The van der Waals surface area contributed by atoms with Crippen LogP contribution in [-0.4, -0.2) is 17.3 Å². The van der Waals surface area contributed by atoms with E-state index in [1.165, 1.54) is 12.0 Å². The minimum absolute atomic E-state index is 0.235. The molecule has 2 rings (SSSR count). The molecular formula is C12H15Cl2N3O2. The summed E-state index contributed by atoms with van der Waals surface area (Å²) in [4.78, 5) is 16.3. The molecule has 1 aliphatic heterocycles. The van der Waals surface area contributed by atoms with Gasteiger partial charge in [0.15, 0.2) is 6.29 Å². The Morgan fingerprint density at radius 2 is 2.21 bits per heavy atom. The summed E-state index contributed by atoms with van der Waals surface area (Å²) in [6.07, 6.45) is 0.0500. The molecule has 0 saturated carbocycles. The van der Waals surface area contributed by atoms with Gasteiger partial charge >= 0.3 is 5.97 Å². The van der Waals surface area contributed by atoms with Gasteiger partial charge in [0.2, 0.25) is 0 Å². The van der Waals surface area contributed by atoms with Crippen LogP contribution in [0.4, 0.5) is 5.69 Å². The van der Waals surface area contributed by atoms with Crippen LogP contribution in [0.15, 0.2) is 12.1 Å². The highest BCUT2D eigenvalue weighted by molar-refractivity contribution is 6.42. The van der Waals surface area contributed by atoms with Crippen molar-refractivity contribution in [2.45, 2.75) is 32.6 Å². The second-order valence-corrected chi connectivity index (χ2v) is 5.06. The molecule has 1 aromatic rings. The van der Waals surface area contributed by atoms with Gasteiger partial charge in [-0.1, -0.05) is 35.2 Å². The number of hydrogen-bond acceptors (Lipinski definition) is 5. The minimum Gasteiger partial charge on any atom is -0.364 e. The fourth-order valence-electron chi connectivity index (χ4n) is 2.21. The molecule has 0 aromatic heterocycles. The number of nitrogens with two attached hydrogens (primary N) is 1. The van der Waals surface area contributed by atoms with E-state index in [4.69, 9.17) is 33.8 Å². The normalized spacial score (nSPS) is 22.6. The summed E-state index contributed by atoms with van der Waals surface area (Å²) in [7, 11) is 0. The highest BCUT2D eigenvalue weighted by atomic mass is 35.5. The topological polar surface area (TPSA) is 67.6 Å². The maximum Gasteiger partial charge on any atom is 0.322 e. The first-order valence-corrected chi connectivity index (χ1v) is 6.68. The van der Waals surface area contributed by atoms with Crippen LogP contribution in [-0.2, 0) is 9.63 Å². The second kappa shape index (κ2) is 5.54. The number of carbonyl (C=O) groups is 1. The summed E-state index contributed by atoms with van der Waals surface area (Å²) >= 11 is 12.3. The Balaban J connectivity index is 2.48. The molecule has 1 aliphatic rings. The number of halogens is 2. The van der Waals surface area contributed by atoms with E-state index in [9.17, 15) is 4.79 Å². The number of carbonyl (C=O) groups excluding carboxylic acids is 1. The van der Waals surface area contributed by atoms with E-state index in [2.05, 4.69) is 5.32 Å². The van der Waals surface area contributed by atoms with Crippen LogP contribution < -0.4 is 11.1 Å². The molecule has 3 N–H and O–H groups in total. The quantitative estimate of drug-likeness (QED) is 0.879. The van der Waals surface area contributed by atoms with Crippen molar-refractivity contribution >= 4 is 34.9 Å². The van der Waals surface area contributed by atoms with E-state index in [0.29, 0.717) is 16.5 Å². The summed E-state index contributed by atoms with van der Waals surface area (Å²) < 4.78 is 0. The van der Waals surface area contributed by atoms with Crippen molar-refractivity contribution in [1.29, 1.82) is 0 Å². The van der Waals surface area contributed by atoms with Gasteiger partial charge in [0.25, 0.3) is 0 Å². The number of hydroxylamine groups is 2. The molecule has 5 nitrogen and oxygen atoms in total. The summed E-state index contributed by atoms with van der Waals surface area (Å²) in [5.74, 6) is -0.433. The number of nitrogens with one attached hydrogen (secondary N) is 1. The predicted octanol–water partition coefficient (Wildman–Crippen LogP) is 2.89. The average Bonchev–Trinajstić information content (AvgIpc) is 2.35. The van der Waals surface area contributed by atoms with Gasteiger partial charge in [0.1, 0.15) is 0 Å². The highest BCUT2D eigenvalue weighted by Crippen LogP contribution is 2.43. The van der Waals surface area contributed by atoms with Crippen LogP contribution in [0, 0.1) is 0 Å². The molecule has 0 amide bonds. The molecule has 1 aromatic carbocycles. The monoisotopic (exact) mass is 303 g/mol. The molecule has 2 unspecified atom stereocenters. The Labute approximate surface area is 121 Å². The fourth-order valence-corrected chi connectivity index (χ4v) is 2.67. The number of anilines is 1. The number of nitrogens with zero attached hydrogens (tertiary/aromatic N) is 1. The molecule has 0 saturated heterocycles. The van der Waals surface area contributed by atoms with Gasteiger partial charge in [-0.15, -0.1) is 0 Å². The molecule has 0 bridgehead atoms. The van der Waals surface area contributed by atoms with Crippen LogP contribution in [0.3, 0.4) is 0 Å². The molecular weight excluding hydrogens is 289 g/mol. The Kier molecular flexibility index (Phi) is 4.20. The van der Waals surface area contributed by atoms with Crippen LogP contribution in [0.5, 0.6) is 0 Å². The minimum atomic E-state index is -0.626. The van der Waals surface area contributed by atoms with Crippen LogP contribution in [0.2, 0.25) is 10.0 Å². The standard InChI is InChI=1S/C12H15Cl2N3O2/c1-3-9-10-8(5-4-7(13)11(10)14)16-12(15)17(9)19-6(2)18/h4-5,9,12,16H,3,15H2,1-2H3. The lowest BCUT2D eigenvalue weighted by Gasteiger charge is -2.40. The number of rotatable bonds is 2. The van der Waals surface area contributed by atoms with Gasteiger partial charge in [-0.25, -0.2) is 0 Å². The van der Waals surface area contributed by atoms with Crippen molar-refractivity contribution in [2.75, 3.05) is 5.32 Å². The van der Waals surface area contributed by atoms with Crippen molar-refractivity contribution in [3.63, 3.8) is 0 Å². The van der Waals surface area contributed by atoms with Crippen LogP contribution >= 0.6 is 23.2 Å². The Morgan fingerprint density at radius 1 is 1.53 bits per heavy atom. The van der Waals surface area contributed by atoms with Crippen molar-refractivity contribution in [3.8, 4) is 0 Å². The molecule has 2 atom stereocenters. The second-order valence-electron chi connectivity index (χ2n) is 4.28. The smallest absolute Gasteiger partial charge is 0.322 e. The lowest BCUT2D eigenvalue weighted by molar-refractivity contribution is -0.213. The lowest BCUT2D eigenvalue weighted by atomic mass is 9.99. The first-order valence-electron chi connectivity index (χ1n) is 5.92. The third-order valence-corrected chi connectivity index (χ3v) is 3.79. The van der Waals surface area contributed by atoms with Crippen molar-refractivity contribution in [2.24, 2.45) is 5.73 Å². The third-order valence-electron chi connectivity index (χ3n) is 2.97. The average molecular weight is 304 g/mol. The van der Waals surface area contributed by atoms with Crippen LogP contribution in [0.25, 0.3) is 0 Å². The lowest BCUT2D eigenvalue weighted by Crippen LogP contribution is -2.52. The molecule has 1 heterocycles. The van der Waals surface area contributed by atoms with E-state index >= 15 is 0 Å². The number of benzene rings is 1. The molecule has 0 fully saturated rings. The van der Waals surface area contributed by atoms with Gasteiger partial charge in [-0.05, 0) is 18.6 Å². The molecule has 0 radical (unpaired) electrons. The first-order chi connectivity index (χ1) is 8.95. The summed E-state index contributed by atoms with van der Waals surface area (Å²) in [6, 6.07) is 3.29. The Bertz CT molecular complexity index is 510. The van der Waals surface area contributed by atoms with E-state index < -0.39 is 12.3 Å². The summed E-state index contributed by atoms with van der Waals surface area (Å²) in [6.45, 7) is 3.29. The SMILES string of the molecule is CCC1c2c(ccc(Cl)c2Cl)NC(N)N1OC(C)=O. The number of fused-ring (bicyclic) bond motifs is 1. The Morgan fingerprint density at radius 3 is 2.79 bits per heavy atom. The van der Waals surface area contributed by atoms with E-state index in [-0.39, 0.29) is 6.04 Å². The van der Waals surface area contributed by atoms with Gasteiger partial charge in [-0.2, -0.15) is 0 Å². The van der Waals surface area contributed by atoms with Crippen molar-refractivity contribution < 1.29 is 9.63 Å². The molecule has 0 aliphatic carbocycles. The zero-order chi connectivity index (χ0) is 14.2. The zero-order valence-electron chi connectivity index (χ0n) is 10.6. The van der Waals surface area contributed by atoms with E-state index in [1.807, 2.05) is 13.0 Å². The number of hydrogen-bond donors (Lipinski definition) is 2. The Hall–Kier alpha value is -1.01. The van der Waals surface area contributed by atoms with Crippen molar-refractivity contribution in [1.82, 2.24) is 5.06 Å². The van der Waals surface area contributed by atoms with Crippen molar-refractivity contribution in [3.05, 3.63) is 27.7 Å². The van der Waals surface area contributed by atoms with E-state index in [1.54, 1.807) is 6.07 Å². The zero-order valence-corrected chi connectivity index (χ0v) is 12.1. The van der Waals surface area contributed by atoms with Gasteiger partial charge < -0.3 is 10.2 Å². The van der Waals surface area contributed by atoms with Gasteiger partial charge in [0, 0.05) is 18.2 Å². The summed E-state index contributed by atoms with van der Waals surface area (Å²) in [5.41, 5.74) is 7.55. The largest absolute Gasteiger partial charge is 0.364 e. The van der Waals surface area contributed by atoms with Gasteiger partial charge in [-0.3, -0.25) is 10.5 Å². The molecule has 19 heavy (non-hydrogen) atoms. The predicted molar refractivity (Wildman–Crippen MR) is 74.7 cm³/mol. The van der Waals surface area contributed by atoms with Gasteiger partial charge in [0.05, 0.1) is 16.1 Å². The fraction of sp³-hybridized carbons (Fsp3) is 0.417. The molecule has 104 valence electrons. The maximum atomic E-state index is 11.2. The summed E-state index contributed by atoms with van der Waals surface area (Å²) in [5, 5.41) is 5.34. The molecule has 0 spiro atoms. The first kappa shape index (κ1) is 14.4. The molecule has 7 heteroatoms. The van der Waals surface area contributed by atoms with Crippen LogP contribution in [0.1, 0.15) is 31.9 Å².